The first kappa shape index (κ1) is 10.8. The number of ether oxygens (including phenoxy) is 2. The molecule has 0 radical (unpaired) electrons. The highest BCUT2D eigenvalue weighted by molar-refractivity contribution is 5.55. The van der Waals surface area contributed by atoms with E-state index in [-0.39, 0.29) is 24.0 Å². The highest BCUT2D eigenvalue weighted by Gasteiger charge is 2.49. The lowest BCUT2D eigenvalue weighted by Gasteiger charge is -2.51. The van der Waals surface area contributed by atoms with Crippen LogP contribution in [0.5, 0.6) is 0 Å². The second-order valence-electron chi connectivity index (χ2n) is 4.73. The fraction of sp³-hybridized carbons (Fsp3) is 0.750. The van der Waals surface area contributed by atoms with Crippen molar-refractivity contribution in [1.29, 1.82) is 0 Å². The first-order valence-corrected chi connectivity index (χ1v) is 5.53. The van der Waals surface area contributed by atoms with Gasteiger partial charge in [0.05, 0.1) is 12.2 Å². The summed E-state index contributed by atoms with van der Waals surface area (Å²) in [6.07, 6.45) is 4.45. The monoisotopic (exact) mass is 210 g/mol. The first-order chi connectivity index (χ1) is 7.09. The summed E-state index contributed by atoms with van der Waals surface area (Å²) in [5.74, 6) is -0.305. The molecule has 0 unspecified atom stereocenters. The van der Waals surface area contributed by atoms with Crippen LogP contribution in [0.1, 0.15) is 26.7 Å². The number of hydrogen-bond acceptors (Lipinski definition) is 3. The molecule has 84 valence electrons. The predicted octanol–water partition coefficient (Wildman–Crippen LogP) is 1.92. The topological polar surface area (TPSA) is 35.5 Å². The minimum atomic E-state index is -0.518. The van der Waals surface area contributed by atoms with Gasteiger partial charge < -0.3 is 14.3 Å². The molecule has 0 saturated carbocycles. The highest BCUT2D eigenvalue weighted by Crippen LogP contribution is 2.42. The molecule has 3 nitrogen and oxygen atoms in total. The molecule has 2 saturated heterocycles. The minimum Gasteiger partial charge on any atom is -0.346 e. The fourth-order valence-electron chi connectivity index (χ4n) is 2.60. The Bertz CT molecular complexity index is 276. The van der Waals surface area contributed by atoms with Crippen molar-refractivity contribution >= 4 is 6.29 Å². The summed E-state index contributed by atoms with van der Waals surface area (Å²) in [5.41, 5.74) is 0. The van der Waals surface area contributed by atoms with E-state index in [0.29, 0.717) is 0 Å². The lowest BCUT2D eigenvalue weighted by atomic mass is 9.80. The van der Waals surface area contributed by atoms with E-state index in [4.69, 9.17) is 9.47 Å². The summed E-state index contributed by atoms with van der Waals surface area (Å²) in [7, 11) is 0. The molecule has 2 rings (SSSR count). The molecule has 0 spiro atoms. The fourth-order valence-corrected chi connectivity index (χ4v) is 2.60. The van der Waals surface area contributed by atoms with Gasteiger partial charge in [-0.2, -0.15) is 0 Å². The van der Waals surface area contributed by atoms with E-state index < -0.39 is 5.79 Å². The van der Waals surface area contributed by atoms with Gasteiger partial charge in [-0.25, -0.2) is 0 Å². The summed E-state index contributed by atoms with van der Waals surface area (Å²) < 4.78 is 11.7. The third-order valence-electron chi connectivity index (χ3n) is 3.57. The van der Waals surface area contributed by atoms with Crippen LogP contribution >= 0.6 is 0 Å². The van der Waals surface area contributed by atoms with Gasteiger partial charge in [0.2, 0.25) is 0 Å². The van der Waals surface area contributed by atoms with Crippen LogP contribution in [0.4, 0.5) is 0 Å². The third-order valence-corrected chi connectivity index (χ3v) is 3.57. The Kier molecular flexibility index (Phi) is 2.69. The molecule has 0 amide bonds. The summed E-state index contributed by atoms with van der Waals surface area (Å²) in [4.78, 5) is 11.0. The van der Waals surface area contributed by atoms with Crippen molar-refractivity contribution in [3.8, 4) is 0 Å². The average molecular weight is 210 g/mol. The molecule has 0 aromatic heterocycles. The molecule has 0 N–H and O–H groups in total. The van der Waals surface area contributed by atoms with Crippen LogP contribution < -0.4 is 0 Å². The third kappa shape index (κ3) is 1.74. The molecule has 2 aliphatic rings. The van der Waals surface area contributed by atoms with Crippen LogP contribution in [0.15, 0.2) is 12.7 Å². The molecule has 0 aromatic rings. The van der Waals surface area contributed by atoms with E-state index in [1.165, 1.54) is 0 Å². The molecule has 2 fully saturated rings. The lowest BCUT2D eigenvalue weighted by Crippen LogP contribution is -2.56. The van der Waals surface area contributed by atoms with E-state index in [0.717, 1.165) is 19.1 Å². The van der Waals surface area contributed by atoms with Gasteiger partial charge >= 0.3 is 0 Å². The number of carbonyl (C=O) groups is 1. The van der Waals surface area contributed by atoms with Crippen LogP contribution in [-0.2, 0) is 14.3 Å². The average Bonchev–Trinajstić information content (AvgIpc) is 2.24. The second kappa shape index (κ2) is 3.72. The Morgan fingerprint density at radius 3 is 2.80 bits per heavy atom. The summed E-state index contributed by atoms with van der Waals surface area (Å²) in [6.45, 7) is 7.78. The van der Waals surface area contributed by atoms with Crippen LogP contribution in [0, 0.1) is 11.8 Å². The van der Waals surface area contributed by atoms with Crippen molar-refractivity contribution in [2.45, 2.75) is 44.7 Å². The normalized spacial score (nSPS) is 49.7. The van der Waals surface area contributed by atoms with Crippen molar-refractivity contribution in [3.63, 3.8) is 0 Å². The molecule has 2 heterocycles. The zero-order chi connectivity index (χ0) is 11.1. The van der Waals surface area contributed by atoms with Gasteiger partial charge in [0.15, 0.2) is 5.79 Å². The minimum absolute atomic E-state index is 0.00324. The molecule has 2 bridgehead atoms. The van der Waals surface area contributed by atoms with Crippen molar-refractivity contribution in [1.82, 2.24) is 0 Å². The van der Waals surface area contributed by atoms with E-state index in [9.17, 15) is 4.79 Å². The number of fused-ring (bicyclic) bond motifs is 2. The zero-order valence-electron chi connectivity index (χ0n) is 9.31. The molecule has 5 atom stereocenters. The van der Waals surface area contributed by atoms with Crippen molar-refractivity contribution in [3.05, 3.63) is 12.7 Å². The molecule has 15 heavy (non-hydrogen) atoms. The summed E-state index contributed by atoms with van der Waals surface area (Å²) in [6, 6.07) is 0. The molecular weight excluding hydrogens is 192 g/mol. The Balaban J connectivity index is 2.23. The Morgan fingerprint density at radius 1 is 1.47 bits per heavy atom. The van der Waals surface area contributed by atoms with Crippen molar-refractivity contribution in [2.24, 2.45) is 11.8 Å². The molecule has 2 aliphatic heterocycles. The second-order valence-corrected chi connectivity index (χ2v) is 4.73. The van der Waals surface area contributed by atoms with Gasteiger partial charge in [-0.05, 0) is 13.3 Å². The standard InChI is InChI=1S/C12H18O3/c1-4-10-8(2)11-9(7-13)5-6-12(3,14-10)15-11/h4,7-11H,1,5-6H2,2-3H3/t8-,9-,10-,11+,12+/m0/s1. The number of aldehydes is 1. The molecule has 0 aliphatic carbocycles. The maximum atomic E-state index is 11.0. The molecule has 0 aromatic carbocycles. The molecule has 3 heteroatoms. The number of hydrogen-bond donors (Lipinski definition) is 0. The van der Waals surface area contributed by atoms with Gasteiger partial charge in [-0.15, -0.1) is 6.58 Å². The Labute approximate surface area is 90.4 Å². The van der Waals surface area contributed by atoms with Gasteiger partial charge in [-0.1, -0.05) is 13.0 Å². The first-order valence-electron chi connectivity index (χ1n) is 5.53. The Hall–Kier alpha value is -0.670. The van der Waals surface area contributed by atoms with Crippen LogP contribution in [0.3, 0.4) is 0 Å². The highest BCUT2D eigenvalue weighted by atomic mass is 16.7. The van der Waals surface area contributed by atoms with E-state index in [1.807, 2.05) is 13.0 Å². The van der Waals surface area contributed by atoms with Gasteiger partial charge in [-0.3, -0.25) is 0 Å². The van der Waals surface area contributed by atoms with E-state index in [2.05, 4.69) is 13.5 Å². The van der Waals surface area contributed by atoms with E-state index in [1.54, 1.807) is 0 Å². The van der Waals surface area contributed by atoms with Gasteiger partial charge in [0, 0.05) is 18.3 Å². The number of carbonyl (C=O) groups excluding carboxylic acids is 1. The van der Waals surface area contributed by atoms with Crippen LogP contribution in [0.2, 0.25) is 0 Å². The van der Waals surface area contributed by atoms with Crippen LogP contribution in [-0.4, -0.2) is 24.3 Å². The van der Waals surface area contributed by atoms with E-state index >= 15 is 0 Å². The van der Waals surface area contributed by atoms with Gasteiger partial charge in [0.25, 0.3) is 0 Å². The van der Waals surface area contributed by atoms with Crippen molar-refractivity contribution < 1.29 is 14.3 Å². The maximum absolute atomic E-state index is 11.0. The largest absolute Gasteiger partial charge is 0.346 e. The smallest absolute Gasteiger partial charge is 0.166 e. The maximum Gasteiger partial charge on any atom is 0.166 e. The summed E-state index contributed by atoms with van der Waals surface area (Å²) >= 11 is 0. The summed E-state index contributed by atoms with van der Waals surface area (Å²) in [5, 5.41) is 0. The predicted molar refractivity (Wildman–Crippen MR) is 56.3 cm³/mol. The number of rotatable bonds is 2. The Morgan fingerprint density at radius 2 is 2.20 bits per heavy atom. The van der Waals surface area contributed by atoms with Crippen molar-refractivity contribution in [2.75, 3.05) is 0 Å². The molecular formula is C12H18O3. The zero-order valence-corrected chi connectivity index (χ0v) is 9.31. The van der Waals surface area contributed by atoms with Gasteiger partial charge in [0.1, 0.15) is 6.29 Å². The SMILES string of the molecule is C=C[C@@H]1O[C@@]2(C)CC[C@@H](C=O)[C@H](O2)[C@H]1C. The quantitative estimate of drug-likeness (QED) is 0.516. The van der Waals surface area contributed by atoms with Crippen LogP contribution in [0.25, 0.3) is 0 Å². The lowest BCUT2D eigenvalue weighted by molar-refractivity contribution is -0.343.